The largest absolute Gasteiger partial charge is 0.316 e. The van der Waals surface area contributed by atoms with E-state index in [-0.39, 0.29) is 0 Å². The molecule has 1 nitrogen and oxygen atoms in total. The zero-order chi connectivity index (χ0) is 9.80. The van der Waals surface area contributed by atoms with Gasteiger partial charge in [0.2, 0.25) is 0 Å². The summed E-state index contributed by atoms with van der Waals surface area (Å²) in [6.07, 6.45) is 10.4. The Labute approximate surface area is 88.7 Å². The third kappa shape index (κ3) is 2.31. The normalized spacial score (nSPS) is 34.9. The molecule has 0 aromatic heterocycles. The van der Waals surface area contributed by atoms with Crippen molar-refractivity contribution in [3.05, 3.63) is 0 Å². The van der Waals surface area contributed by atoms with Crippen molar-refractivity contribution in [3.8, 4) is 0 Å². The maximum atomic E-state index is 3.57. The van der Waals surface area contributed by atoms with Gasteiger partial charge in [-0.2, -0.15) is 0 Å². The van der Waals surface area contributed by atoms with E-state index >= 15 is 0 Å². The van der Waals surface area contributed by atoms with Gasteiger partial charge in [-0.3, -0.25) is 0 Å². The highest BCUT2D eigenvalue weighted by atomic mass is 14.9. The van der Waals surface area contributed by atoms with Gasteiger partial charge in [0.1, 0.15) is 0 Å². The number of hydrogen-bond acceptors (Lipinski definition) is 1. The maximum absolute atomic E-state index is 3.57. The first-order chi connectivity index (χ1) is 6.92. The van der Waals surface area contributed by atoms with E-state index in [2.05, 4.69) is 12.2 Å². The monoisotopic (exact) mass is 195 g/mol. The zero-order valence-corrected chi connectivity index (χ0v) is 9.60. The average molecular weight is 195 g/mol. The molecular weight excluding hydrogens is 170 g/mol. The van der Waals surface area contributed by atoms with E-state index in [4.69, 9.17) is 0 Å². The molecule has 0 radical (unpaired) electrons. The van der Waals surface area contributed by atoms with Crippen LogP contribution in [0.1, 0.15) is 51.9 Å². The molecule has 1 heteroatoms. The molecule has 0 aromatic rings. The molecule has 1 N–H and O–H groups in total. The lowest BCUT2D eigenvalue weighted by Gasteiger charge is -2.36. The highest BCUT2D eigenvalue weighted by Gasteiger charge is 2.32. The molecule has 0 bridgehead atoms. The Balaban J connectivity index is 1.91. The molecule has 2 atom stereocenters. The van der Waals surface area contributed by atoms with Crippen LogP contribution in [0.3, 0.4) is 0 Å². The maximum Gasteiger partial charge on any atom is -0.00178 e. The van der Waals surface area contributed by atoms with Gasteiger partial charge in [-0.05, 0) is 43.7 Å². The fraction of sp³-hybridized carbons (Fsp3) is 1.00. The zero-order valence-electron chi connectivity index (χ0n) is 9.60. The Morgan fingerprint density at radius 2 is 1.93 bits per heavy atom. The Kier molecular flexibility index (Phi) is 3.86. The summed E-state index contributed by atoms with van der Waals surface area (Å²) >= 11 is 0. The Morgan fingerprint density at radius 3 is 2.64 bits per heavy atom. The molecule has 82 valence electrons. The van der Waals surface area contributed by atoms with Crippen LogP contribution in [0.15, 0.2) is 0 Å². The van der Waals surface area contributed by atoms with Crippen LogP contribution < -0.4 is 5.32 Å². The van der Waals surface area contributed by atoms with Gasteiger partial charge in [-0.1, -0.05) is 39.0 Å². The molecule has 2 aliphatic rings. The van der Waals surface area contributed by atoms with Crippen LogP contribution in [-0.2, 0) is 0 Å². The first kappa shape index (κ1) is 10.5. The number of rotatable bonds is 3. The van der Waals surface area contributed by atoms with Gasteiger partial charge >= 0.3 is 0 Å². The van der Waals surface area contributed by atoms with E-state index in [0.717, 1.165) is 17.8 Å². The lowest BCUT2D eigenvalue weighted by atomic mass is 9.75. The highest BCUT2D eigenvalue weighted by molar-refractivity contribution is 4.85. The topological polar surface area (TPSA) is 12.0 Å². The SMILES string of the molecule is CCCC1CNCCC1C1CCCC1. The number of nitrogens with one attached hydrogen (secondary N) is 1. The summed E-state index contributed by atoms with van der Waals surface area (Å²) in [4.78, 5) is 0. The molecule has 1 aliphatic carbocycles. The quantitative estimate of drug-likeness (QED) is 0.729. The fourth-order valence-corrected chi connectivity index (χ4v) is 3.64. The van der Waals surface area contributed by atoms with E-state index in [1.807, 2.05) is 0 Å². The first-order valence-corrected chi connectivity index (χ1v) is 6.62. The third-order valence-electron chi connectivity index (χ3n) is 4.33. The van der Waals surface area contributed by atoms with E-state index in [1.54, 1.807) is 0 Å². The van der Waals surface area contributed by atoms with Gasteiger partial charge in [-0.15, -0.1) is 0 Å². The van der Waals surface area contributed by atoms with E-state index in [1.165, 1.54) is 58.0 Å². The lowest BCUT2D eigenvalue weighted by Crippen LogP contribution is -2.39. The van der Waals surface area contributed by atoms with E-state index in [9.17, 15) is 0 Å². The summed E-state index contributed by atoms with van der Waals surface area (Å²) < 4.78 is 0. The summed E-state index contributed by atoms with van der Waals surface area (Å²) in [6, 6.07) is 0. The molecule has 0 amide bonds. The van der Waals surface area contributed by atoms with Crippen molar-refractivity contribution >= 4 is 0 Å². The Morgan fingerprint density at radius 1 is 1.14 bits per heavy atom. The van der Waals surface area contributed by atoms with Gasteiger partial charge in [-0.25, -0.2) is 0 Å². The summed E-state index contributed by atoms with van der Waals surface area (Å²) in [5, 5.41) is 3.57. The predicted octanol–water partition coefficient (Wildman–Crippen LogP) is 3.20. The molecule has 1 heterocycles. The number of hydrogen-bond donors (Lipinski definition) is 1. The minimum atomic E-state index is 0.997. The van der Waals surface area contributed by atoms with Crippen molar-refractivity contribution < 1.29 is 0 Å². The van der Waals surface area contributed by atoms with Crippen LogP contribution in [-0.4, -0.2) is 13.1 Å². The predicted molar refractivity (Wildman–Crippen MR) is 61.3 cm³/mol. The van der Waals surface area contributed by atoms with E-state index < -0.39 is 0 Å². The minimum absolute atomic E-state index is 0.997. The van der Waals surface area contributed by atoms with Gasteiger partial charge in [0.15, 0.2) is 0 Å². The molecule has 0 aromatic carbocycles. The molecule has 2 fully saturated rings. The van der Waals surface area contributed by atoms with Crippen molar-refractivity contribution in [1.82, 2.24) is 5.32 Å². The molecule has 1 aliphatic heterocycles. The van der Waals surface area contributed by atoms with Crippen molar-refractivity contribution in [2.45, 2.75) is 51.9 Å². The van der Waals surface area contributed by atoms with Crippen molar-refractivity contribution in [3.63, 3.8) is 0 Å². The van der Waals surface area contributed by atoms with Gasteiger partial charge < -0.3 is 5.32 Å². The summed E-state index contributed by atoms with van der Waals surface area (Å²) in [5.41, 5.74) is 0. The molecule has 2 rings (SSSR count). The second kappa shape index (κ2) is 5.16. The van der Waals surface area contributed by atoms with Gasteiger partial charge in [0, 0.05) is 0 Å². The summed E-state index contributed by atoms with van der Waals surface area (Å²) in [5.74, 6) is 3.16. The number of piperidine rings is 1. The minimum Gasteiger partial charge on any atom is -0.316 e. The van der Waals surface area contributed by atoms with Gasteiger partial charge in [0.25, 0.3) is 0 Å². The third-order valence-corrected chi connectivity index (χ3v) is 4.33. The Bertz CT molecular complexity index is 159. The lowest BCUT2D eigenvalue weighted by molar-refractivity contribution is 0.166. The van der Waals surface area contributed by atoms with Crippen LogP contribution >= 0.6 is 0 Å². The average Bonchev–Trinajstić information content (AvgIpc) is 2.72. The van der Waals surface area contributed by atoms with Gasteiger partial charge in [0.05, 0.1) is 0 Å². The molecule has 1 saturated heterocycles. The van der Waals surface area contributed by atoms with Crippen molar-refractivity contribution in [2.24, 2.45) is 17.8 Å². The van der Waals surface area contributed by atoms with Crippen LogP contribution in [0.4, 0.5) is 0 Å². The second-order valence-electron chi connectivity index (χ2n) is 5.25. The molecule has 2 unspecified atom stereocenters. The molecule has 1 saturated carbocycles. The Hall–Kier alpha value is -0.0400. The molecular formula is C13H25N. The van der Waals surface area contributed by atoms with Crippen LogP contribution in [0.2, 0.25) is 0 Å². The smallest absolute Gasteiger partial charge is 0.00178 e. The van der Waals surface area contributed by atoms with Crippen molar-refractivity contribution in [2.75, 3.05) is 13.1 Å². The van der Waals surface area contributed by atoms with Crippen LogP contribution in [0.5, 0.6) is 0 Å². The van der Waals surface area contributed by atoms with Crippen molar-refractivity contribution in [1.29, 1.82) is 0 Å². The summed E-state index contributed by atoms with van der Waals surface area (Å²) in [7, 11) is 0. The highest BCUT2D eigenvalue weighted by Crippen LogP contribution is 2.39. The first-order valence-electron chi connectivity index (χ1n) is 6.62. The molecule has 14 heavy (non-hydrogen) atoms. The second-order valence-corrected chi connectivity index (χ2v) is 5.25. The summed E-state index contributed by atoms with van der Waals surface area (Å²) in [6.45, 7) is 4.91. The fourth-order valence-electron chi connectivity index (χ4n) is 3.64. The van der Waals surface area contributed by atoms with Crippen LogP contribution in [0.25, 0.3) is 0 Å². The van der Waals surface area contributed by atoms with E-state index in [0.29, 0.717) is 0 Å². The standard InChI is InChI=1S/C13H25N/c1-2-5-12-10-14-9-8-13(12)11-6-3-4-7-11/h11-14H,2-10H2,1H3. The molecule has 0 spiro atoms. The van der Waals surface area contributed by atoms with Crippen LogP contribution in [0, 0.1) is 17.8 Å².